The molecule has 4 aromatic rings. The van der Waals surface area contributed by atoms with E-state index in [9.17, 15) is 19.8 Å². The van der Waals surface area contributed by atoms with E-state index < -0.39 is 35.7 Å². The lowest BCUT2D eigenvalue weighted by molar-refractivity contribution is -0.132. The smallest absolute Gasteiger partial charge is 0.239 e. The second kappa shape index (κ2) is 14.6. The van der Waals surface area contributed by atoms with Crippen molar-refractivity contribution in [2.75, 3.05) is 26.2 Å². The number of aliphatic hydroxyl groups is 2. The standard InChI is InChI=1S/C39H48N4O5/c1-39(2,3)41-38(47)33-25-42(23-27-13-14-35-29(20-27)15-18-48-35)16-17-43(33)24-31(44)21-30(19-26-9-5-4-6-10-26)37(46)40-36-32-12-8-7-11-28(32)22-34(36)45/h4-15,18,20,30-31,33-34,36,44-45H,16-17,19,21-25H2,1-3H3,(H,40,46)(H,41,47)/t30-,31-,33-,34+,36-/m0/s1. The van der Waals surface area contributed by atoms with Crippen LogP contribution >= 0.6 is 0 Å². The zero-order valence-corrected chi connectivity index (χ0v) is 28.1. The van der Waals surface area contributed by atoms with Crippen molar-refractivity contribution in [3.8, 4) is 0 Å². The Morgan fingerprint density at radius 3 is 2.54 bits per heavy atom. The molecule has 254 valence electrons. The second-order valence-electron chi connectivity index (χ2n) is 14.5. The summed E-state index contributed by atoms with van der Waals surface area (Å²) in [6, 6.07) is 24.8. The number of furan rings is 1. The van der Waals surface area contributed by atoms with Gasteiger partial charge in [-0.1, -0.05) is 60.7 Å². The molecule has 0 spiro atoms. The summed E-state index contributed by atoms with van der Waals surface area (Å²) < 4.78 is 5.50. The Morgan fingerprint density at radius 2 is 1.75 bits per heavy atom. The first-order valence-corrected chi connectivity index (χ1v) is 17.1. The molecular formula is C39H48N4O5. The van der Waals surface area contributed by atoms with Gasteiger partial charge in [-0.05, 0) is 74.1 Å². The maximum Gasteiger partial charge on any atom is 0.239 e. The van der Waals surface area contributed by atoms with Gasteiger partial charge in [0.1, 0.15) is 11.6 Å². The topological polar surface area (TPSA) is 118 Å². The van der Waals surface area contributed by atoms with Crippen molar-refractivity contribution in [2.24, 2.45) is 5.92 Å². The third-order valence-electron chi connectivity index (χ3n) is 9.50. The van der Waals surface area contributed by atoms with E-state index in [1.54, 1.807) is 6.26 Å². The van der Waals surface area contributed by atoms with Crippen LogP contribution in [0.15, 0.2) is 89.5 Å². The van der Waals surface area contributed by atoms with Crippen molar-refractivity contribution in [3.05, 3.63) is 107 Å². The Kier molecular flexibility index (Phi) is 10.3. The fourth-order valence-electron chi connectivity index (χ4n) is 7.19. The maximum atomic E-state index is 13.9. The van der Waals surface area contributed by atoms with Crippen molar-refractivity contribution in [2.45, 2.75) is 76.4 Å². The lowest BCUT2D eigenvalue weighted by atomic mass is 9.91. The van der Waals surface area contributed by atoms with Gasteiger partial charge in [0, 0.05) is 56.0 Å². The van der Waals surface area contributed by atoms with Gasteiger partial charge in [0.05, 0.1) is 24.5 Å². The van der Waals surface area contributed by atoms with Crippen LogP contribution in [0.3, 0.4) is 0 Å². The average Bonchev–Trinajstić information content (AvgIpc) is 3.64. The minimum absolute atomic E-state index is 0.0721. The van der Waals surface area contributed by atoms with Crippen molar-refractivity contribution in [1.82, 2.24) is 20.4 Å². The van der Waals surface area contributed by atoms with E-state index in [1.165, 1.54) is 0 Å². The Labute approximate surface area is 282 Å². The van der Waals surface area contributed by atoms with Crippen LogP contribution in [0.4, 0.5) is 0 Å². The zero-order chi connectivity index (χ0) is 33.8. The molecule has 9 nitrogen and oxygen atoms in total. The normalized spacial score (nSPS) is 21.5. The summed E-state index contributed by atoms with van der Waals surface area (Å²) in [6.07, 6.45) is 1.32. The van der Waals surface area contributed by atoms with E-state index in [2.05, 4.69) is 32.6 Å². The number of fused-ring (bicyclic) bond motifs is 2. The number of piperazine rings is 1. The van der Waals surface area contributed by atoms with Crippen LogP contribution in [0.2, 0.25) is 0 Å². The minimum Gasteiger partial charge on any atom is -0.464 e. The average molecular weight is 653 g/mol. The number of amides is 2. The van der Waals surface area contributed by atoms with Gasteiger partial charge in [0.2, 0.25) is 11.8 Å². The molecule has 48 heavy (non-hydrogen) atoms. The maximum absolute atomic E-state index is 13.9. The summed E-state index contributed by atoms with van der Waals surface area (Å²) in [5.74, 6) is -0.791. The number of aliphatic hydroxyl groups excluding tert-OH is 2. The molecule has 2 heterocycles. The molecule has 1 aliphatic heterocycles. The number of benzene rings is 3. The van der Waals surface area contributed by atoms with E-state index in [0.29, 0.717) is 32.5 Å². The number of β-amino-alcohol motifs (C(OH)–C–C–N with tert-alkyl or cyclic N) is 1. The van der Waals surface area contributed by atoms with Gasteiger partial charge in [-0.2, -0.15) is 0 Å². The van der Waals surface area contributed by atoms with Crippen LogP contribution in [-0.4, -0.2) is 81.8 Å². The molecule has 0 saturated carbocycles. The number of nitrogens with one attached hydrogen (secondary N) is 2. The molecule has 4 N–H and O–H groups in total. The molecule has 0 unspecified atom stereocenters. The molecule has 3 aromatic carbocycles. The predicted octanol–water partition coefficient (Wildman–Crippen LogP) is 4.22. The highest BCUT2D eigenvalue weighted by molar-refractivity contribution is 5.83. The van der Waals surface area contributed by atoms with E-state index in [0.717, 1.165) is 39.8 Å². The first-order valence-electron chi connectivity index (χ1n) is 17.1. The number of carbonyl (C=O) groups is 2. The van der Waals surface area contributed by atoms with Gasteiger partial charge >= 0.3 is 0 Å². The minimum atomic E-state index is -0.842. The van der Waals surface area contributed by atoms with Crippen LogP contribution in [-0.2, 0) is 29.0 Å². The molecule has 0 bridgehead atoms. The predicted molar refractivity (Wildman–Crippen MR) is 186 cm³/mol. The highest BCUT2D eigenvalue weighted by Gasteiger charge is 2.37. The fraction of sp³-hybridized carbons (Fsp3) is 0.436. The number of hydrogen-bond acceptors (Lipinski definition) is 7. The van der Waals surface area contributed by atoms with Crippen molar-refractivity contribution >= 4 is 22.8 Å². The number of rotatable bonds is 11. The lowest BCUT2D eigenvalue weighted by Gasteiger charge is -2.42. The molecule has 6 rings (SSSR count). The molecule has 1 fully saturated rings. The lowest BCUT2D eigenvalue weighted by Crippen LogP contribution is -2.61. The van der Waals surface area contributed by atoms with E-state index in [1.807, 2.05) is 87.5 Å². The fourth-order valence-corrected chi connectivity index (χ4v) is 7.19. The van der Waals surface area contributed by atoms with Crippen molar-refractivity contribution in [3.63, 3.8) is 0 Å². The summed E-state index contributed by atoms with van der Waals surface area (Å²) >= 11 is 0. The highest BCUT2D eigenvalue weighted by atomic mass is 16.3. The SMILES string of the molecule is CC(C)(C)NC(=O)[C@@H]1CN(Cc2ccc3occc3c2)CCN1C[C@@H](O)C[C@H](Cc1ccccc1)C(=O)N[C@H]1c2ccccc2C[C@H]1O. The summed E-state index contributed by atoms with van der Waals surface area (Å²) in [7, 11) is 0. The van der Waals surface area contributed by atoms with Crippen LogP contribution in [0.25, 0.3) is 11.0 Å². The van der Waals surface area contributed by atoms with Crippen LogP contribution < -0.4 is 10.6 Å². The molecule has 1 aliphatic carbocycles. The molecule has 0 radical (unpaired) electrons. The largest absolute Gasteiger partial charge is 0.464 e. The Hall–Kier alpha value is -4.02. The number of hydrogen-bond donors (Lipinski definition) is 4. The van der Waals surface area contributed by atoms with Gasteiger partial charge in [0.15, 0.2) is 0 Å². The summed E-state index contributed by atoms with van der Waals surface area (Å²) in [5, 5.41) is 29.7. The molecule has 2 amide bonds. The van der Waals surface area contributed by atoms with Gasteiger partial charge in [0.25, 0.3) is 0 Å². The Bertz CT molecular complexity index is 1700. The molecule has 2 aliphatic rings. The van der Waals surface area contributed by atoms with Gasteiger partial charge in [-0.3, -0.25) is 19.4 Å². The van der Waals surface area contributed by atoms with Gasteiger partial charge < -0.3 is 25.3 Å². The molecule has 9 heteroatoms. The van der Waals surface area contributed by atoms with E-state index in [4.69, 9.17) is 4.42 Å². The monoisotopic (exact) mass is 652 g/mol. The molecular weight excluding hydrogens is 604 g/mol. The number of nitrogens with zero attached hydrogens (tertiary/aromatic N) is 2. The Morgan fingerprint density at radius 1 is 0.979 bits per heavy atom. The summed E-state index contributed by atoms with van der Waals surface area (Å²) in [4.78, 5) is 31.9. The highest BCUT2D eigenvalue weighted by Crippen LogP contribution is 2.32. The summed E-state index contributed by atoms with van der Waals surface area (Å²) in [6.45, 7) is 8.74. The first-order chi connectivity index (χ1) is 23.0. The van der Waals surface area contributed by atoms with Gasteiger partial charge in [-0.15, -0.1) is 0 Å². The first kappa shape index (κ1) is 33.9. The second-order valence-corrected chi connectivity index (χ2v) is 14.5. The van der Waals surface area contributed by atoms with Crippen LogP contribution in [0.1, 0.15) is 55.5 Å². The van der Waals surface area contributed by atoms with E-state index >= 15 is 0 Å². The quantitative estimate of drug-likeness (QED) is 0.192. The third kappa shape index (κ3) is 8.33. The van der Waals surface area contributed by atoms with E-state index in [-0.39, 0.29) is 24.8 Å². The van der Waals surface area contributed by atoms with Crippen molar-refractivity contribution < 1.29 is 24.2 Å². The third-order valence-corrected chi connectivity index (χ3v) is 9.50. The summed E-state index contributed by atoms with van der Waals surface area (Å²) in [5.41, 5.74) is 4.57. The van der Waals surface area contributed by atoms with Gasteiger partial charge in [-0.25, -0.2) is 0 Å². The van der Waals surface area contributed by atoms with Crippen LogP contribution in [0.5, 0.6) is 0 Å². The number of carbonyl (C=O) groups excluding carboxylic acids is 2. The Balaban J connectivity index is 1.15. The zero-order valence-electron chi connectivity index (χ0n) is 28.1. The molecule has 1 aromatic heterocycles. The van der Waals surface area contributed by atoms with Crippen LogP contribution in [0, 0.1) is 5.92 Å². The molecule has 1 saturated heterocycles. The molecule has 5 atom stereocenters. The van der Waals surface area contributed by atoms with Crippen molar-refractivity contribution in [1.29, 1.82) is 0 Å².